The zero-order valence-corrected chi connectivity index (χ0v) is 11.7. The van der Waals surface area contributed by atoms with Gasteiger partial charge in [-0.15, -0.1) is 0 Å². The van der Waals surface area contributed by atoms with Crippen molar-refractivity contribution in [3.63, 3.8) is 0 Å². The maximum atomic E-state index is 11.3. The Balaban J connectivity index is 2.01. The summed E-state index contributed by atoms with van der Waals surface area (Å²) in [4.78, 5) is 2.29. The van der Waals surface area contributed by atoms with E-state index in [9.17, 15) is 5.11 Å². The highest BCUT2D eigenvalue weighted by Gasteiger charge is 2.53. The summed E-state index contributed by atoms with van der Waals surface area (Å²) >= 11 is 0. The van der Waals surface area contributed by atoms with Gasteiger partial charge in [0, 0.05) is 25.0 Å². The first kappa shape index (κ1) is 13.1. The van der Waals surface area contributed by atoms with Gasteiger partial charge in [0.05, 0.1) is 5.60 Å². The third kappa shape index (κ3) is 1.83. The number of nitrogens with two attached hydrogens (primary N) is 1. The van der Waals surface area contributed by atoms with Crippen LogP contribution in [0.25, 0.3) is 0 Å². The Hall–Kier alpha value is -0.900. The molecule has 0 amide bonds. The summed E-state index contributed by atoms with van der Waals surface area (Å²) < 4.78 is 0. The molecule has 0 spiro atoms. The number of aliphatic hydroxyl groups is 1. The van der Waals surface area contributed by atoms with Crippen LogP contribution >= 0.6 is 0 Å². The molecule has 1 fully saturated rings. The van der Waals surface area contributed by atoms with Crippen LogP contribution in [-0.2, 0) is 11.8 Å². The van der Waals surface area contributed by atoms with E-state index in [-0.39, 0.29) is 5.41 Å². The predicted molar refractivity (Wildman–Crippen MR) is 77.2 cm³/mol. The van der Waals surface area contributed by atoms with E-state index < -0.39 is 5.60 Å². The van der Waals surface area contributed by atoms with Gasteiger partial charge in [-0.1, -0.05) is 24.3 Å². The molecule has 3 N–H and O–H groups in total. The van der Waals surface area contributed by atoms with Crippen LogP contribution in [0.15, 0.2) is 24.3 Å². The summed E-state index contributed by atoms with van der Waals surface area (Å²) in [6, 6.07) is 8.52. The molecule has 1 aliphatic heterocycles. The van der Waals surface area contributed by atoms with Gasteiger partial charge >= 0.3 is 0 Å². The molecule has 19 heavy (non-hydrogen) atoms. The van der Waals surface area contributed by atoms with Crippen LogP contribution in [-0.4, -0.2) is 42.3 Å². The minimum atomic E-state index is -0.638. The molecule has 1 saturated heterocycles. The molecule has 1 atom stereocenters. The second-order valence-corrected chi connectivity index (χ2v) is 6.28. The van der Waals surface area contributed by atoms with Crippen molar-refractivity contribution in [1.29, 1.82) is 0 Å². The van der Waals surface area contributed by atoms with Gasteiger partial charge in [-0.25, -0.2) is 0 Å². The van der Waals surface area contributed by atoms with E-state index in [2.05, 4.69) is 36.2 Å². The van der Waals surface area contributed by atoms with Crippen molar-refractivity contribution in [2.45, 2.75) is 36.7 Å². The summed E-state index contributed by atoms with van der Waals surface area (Å²) in [7, 11) is 2.12. The highest BCUT2D eigenvalue weighted by molar-refractivity contribution is 5.43. The molecule has 0 radical (unpaired) electrons. The number of aryl methyl sites for hydroxylation is 1. The Morgan fingerprint density at radius 2 is 1.89 bits per heavy atom. The molecule has 1 aromatic rings. The fourth-order valence-electron chi connectivity index (χ4n) is 4.04. The third-order valence-electron chi connectivity index (χ3n) is 5.41. The van der Waals surface area contributed by atoms with Gasteiger partial charge in [-0.2, -0.15) is 0 Å². The summed E-state index contributed by atoms with van der Waals surface area (Å²) in [6.45, 7) is 2.46. The summed E-state index contributed by atoms with van der Waals surface area (Å²) in [5, 5.41) is 11.3. The predicted octanol–water partition coefficient (Wildman–Crippen LogP) is 1.29. The smallest absolute Gasteiger partial charge is 0.0780 e. The van der Waals surface area contributed by atoms with E-state index in [0.29, 0.717) is 6.54 Å². The molecular weight excluding hydrogens is 236 g/mol. The number of piperidine rings is 1. The fourth-order valence-corrected chi connectivity index (χ4v) is 4.04. The second kappa shape index (κ2) is 4.58. The first-order valence-corrected chi connectivity index (χ1v) is 7.31. The van der Waals surface area contributed by atoms with Gasteiger partial charge in [0.2, 0.25) is 0 Å². The normalized spacial score (nSPS) is 30.3. The third-order valence-corrected chi connectivity index (χ3v) is 5.41. The highest BCUT2D eigenvalue weighted by atomic mass is 16.3. The molecule has 0 saturated carbocycles. The van der Waals surface area contributed by atoms with E-state index in [1.807, 2.05) is 0 Å². The lowest BCUT2D eigenvalue weighted by molar-refractivity contribution is -0.0783. The molecule has 3 rings (SSSR count). The Bertz CT molecular complexity index is 466. The van der Waals surface area contributed by atoms with Crippen molar-refractivity contribution in [2.75, 3.05) is 26.7 Å². The quantitative estimate of drug-likeness (QED) is 0.842. The van der Waals surface area contributed by atoms with Crippen molar-refractivity contribution < 1.29 is 5.11 Å². The Morgan fingerprint density at radius 1 is 1.21 bits per heavy atom. The van der Waals surface area contributed by atoms with Crippen molar-refractivity contribution in [3.05, 3.63) is 35.4 Å². The number of rotatable bonds is 2. The van der Waals surface area contributed by atoms with E-state index in [1.54, 1.807) is 0 Å². The monoisotopic (exact) mass is 260 g/mol. The van der Waals surface area contributed by atoms with Gasteiger partial charge < -0.3 is 15.7 Å². The van der Waals surface area contributed by atoms with Gasteiger partial charge in [-0.05, 0) is 43.9 Å². The molecule has 3 heteroatoms. The van der Waals surface area contributed by atoms with E-state index in [1.165, 1.54) is 11.1 Å². The molecule has 1 aromatic carbocycles. The van der Waals surface area contributed by atoms with Crippen molar-refractivity contribution in [3.8, 4) is 0 Å². The Kier molecular flexibility index (Phi) is 3.16. The molecule has 3 nitrogen and oxygen atoms in total. The van der Waals surface area contributed by atoms with Crippen molar-refractivity contribution >= 4 is 0 Å². The lowest BCUT2D eigenvalue weighted by atomic mass is 9.64. The number of nitrogens with zero attached hydrogens (tertiary/aromatic N) is 1. The Labute approximate surface area is 115 Å². The van der Waals surface area contributed by atoms with Crippen molar-refractivity contribution in [1.82, 2.24) is 4.90 Å². The van der Waals surface area contributed by atoms with Gasteiger partial charge in [0.1, 0.15) is 0 Å². The fraction of sp³-hybridized carbons (Fsp3) is 0.625. The molecular formula is C16H24N2O. The first-order valence-electron chi connectivity index (χ1n) is 7.31. The summed E-state index contributed by atoms with van der Waals surface area (Å²) in [6.07, 6.45) is 3.69. The molecule has 0 aromatic heterocycles. The molecule has 104 valence electrons. The van der Waals surface area contributed by atoms with Crippen LogP contribution in [0.2, 0.25) is 0 Å². The lowest BCUT2D eigenvalue weighted by Crippen LogP contribution is -2.59. The highest BCUT2D eigenvalue weighted by Crippen LogP contribution is 2.49. The maximum absolute atomic E-state index is 11.3. The topological polar surface area (TPSA) is 49.5 Å². The first-order chi connectivity index (χ1) is 9.11. The minimum absolute atomic E-state index is 0.231. The van der Waals surface area contributed by atoms with Crippen LogP contribution in [0.5, 0.6) is 0 Å². The van der Waals surface area contributed by atoms with Crippen molar-refractivity contribution in [2.24, 2.45) is 5.73 Å². The molecule has 0 bridgehead atoms. The standard InChI is InChI=1S/C16H24N2O/c1-18-10-8-16(19,9-11-18)15(12-17)7-6-13-4-2-3-5-14(13)15/h2-5,19H,6-12,17H2,1H3. The van der Waals surface area contributed by atoms with Crippen LogP contribution in [0.3, 0.4) is 0 Å². The zero-order valence-electron chi connectivity index (χ0n) is 11.7. The number of fused-ring (bicyclic) bond motifs is 1. The molecule has 1 unspecified atom stereocenters. The van der Waals surface area contributed by atoms with Gasteiger partial charge in [-0.3, -0.25) is 0 Å². The summed E-state index contributed by atoms with van der Waals surface area (Å²) in [5.74, 6) is 0. The SMILES string of the molecule is CN1CCC(O)(C2(CN)CCc3ccccc32)CC1. The van der Waals surface area contributed by atoms with Crippen LogP contribution in [0.4, 0.5) is 0 Å². The molecule has 1 heterocycles. The van der Waals surface area contributed by atoms with E-state index in [4.69, 9.17) is 5.73 Å². The zero-order chi connectivity index (χ0) is 13.5. The van der Waals surface area contributed by atoms with Gasteiger partial charge in [0.25, 0.3) is 0 Å². The van der Waals surface area contributed by atoms with E-state index >= 15 is 0 Å². The Morgan fingerprint density at radius 3 is 2.58 bits per heavy atom. The minimum Gasteiger partial charge on any atom is -0.389 e. The maximum Gasteiger partial charge on any atom is 0.0780 e. The molecule has 2 aliphatic rings. The number of benzene rings is 1. The van der Waals surface area contributed by atoms with E-state index in [0.717, 1.165) is 38.8 Å². The molecule has 1 aliphatic carbocycles. The van der Waals surface area contributed by atoms with Crippen LogP contribution < -0.4 is 5.73 Å². The van der Waals surface area contributed by atoms with Crippen LogP contribution in [0, 0.1) is 0 Å². The average molecular weight is 260 g/mol. The van der Waals surface area contributed by atoms with Gasteiger partial charge in [0.15, 0.2) is 0 Å². The second-order valence-electron chi connectivity index (χ2n) is 6.28. The number of likely N-dealkylation sites (tertiary alicyclic amines) is 1. The number of hydrogen-bond acceptors (Lipinski definition) is 3. The lowest BCUT2D eigenvalue weighted by Gasteiger charge is -2.49. The summed E-state index contributed by atoms with van der Waals surface area (Å²) in [5.41, 5.74) is 7.96. The van der Waals surface area contributed by atoms with Crippen LogP contribution in [0.1, 0.15) is 30.4 Å². The average Bonchev–Trinajstić information content (AvgIpc) is 2.83. The largest absolute Gasteiger partial charge is 0.389 e. The number of hydrogen-bond donors (Lipinski definition) is 2.